The molecule has 17 heteroatoms. The number of carbonyl (C=O) groups is 6. The number of carboxylic acid groups (broad SMARTS) is 1. The summed E-state index contributed by atoms with van der Waals surface area (Å²) >= 11 is 0. The summed E-state index contributed by atoms with van der Waals surface area (Å²) in [5.74, 6) is -7.29. The molecule has 0 bridgehead atoms. The normalized spacial score (nSPS) is 11.6. The van der Waals surface area contributed by atoms with Crippen molar-refractivity contribution in [3.8, 4) is 28.9 Å². The molecule has 0 saturated carbocycles. The summed E-state index contributed by atoms with van der Waals surface area (Å²) in [7, 11) is 3.79. The Morgan fingerprint density at radius 2 is 1.15 bits per heavy atom. The van der Waals surface area contributed by atoms with Crippen LogP contribution in [-0.4, -0.2) is 84.6 Å². The molecule has 0 aliphatic rings. The highest BCUT2D eigenvalue weighted by atomic mass is 16.6. The van der Waals surface area contributed by atoms with Gasteiger partial charge in [-0.2, -0.15) is 0 Å². The topological polar surface area (TPSA) is 225 Å². The molecule has 2 N–H and O–H groups in total. The monoisotopic (exact) mass is 641 g/mol. The van der Waals surface area contributed by atoms with Crippen LogP contribution in [0.25, 0.3) is 0 Å². The average Bonchev–Trinajstić information content (AvgIpc) is 3.02. The van der Waals surface area contributed by atoms with Gasteiger partial charge in [0.25, 0.3) is 5.91 Å². The standard InChI is InChI=1S/C29H27N3O14/c1-14(33)43-18-8-6-16(12-20(18)40-3)28(38)45-24(26(35)30-22-10-11-23(42-5)32-31-22)25(27(36)37)46-29(39)17-7-9-19(44-15(2)34)21(13-17)41-4/h6-13,24-25H,1-5H3,(H,36,37)(H,30,31,35)/t24-,25-/m1/s1. The van der Waals surface area contributed by atoms with Gasteiger partial charge in [-0.3, -0.25) is 14.4 Å². The number of aliphatic carboxylic acids is 1. The molecule has 46 heavy (non-hydrogen) atoms. The Morgan fingerprint density at radius 1 is 0.652 bits per heavy atom. The number of carbonyl (C=O) groups excluding carboxylic acids is 5. The van der Waals surface area contributed by atoms with Crippen molar-refractivity contribution < 1.29 is 67.0 Å². The molecule has 1 heterocycles. The molecule has 3 aromatic rings. The van der Waals surface area contributed by atoms with Crippen molar-refractivity contribution in [1.29, 1.82) is 0 Å². The van der Waals surface area contributed by atoms with E-state index < -0.39 is 48.0 Å². The fourth-order valence-electron chi connectivity index (χ4n) is 3.62. The molecule has 0 aliphatic heterocycles. The van der Waals surface area contributed by atoms with Crippen LogP contribution in [0.1, 0.15) is 34.6 Å². The van der Waals surface area contributed by atoms with Crippen LogP contribution in [0.5, 0.6) is 28.9 Å². The van der Waals surface area contributed by atoms with E-state index in [1.54, 1.807) is 0 Å². The van der Waals surface area contributed by atoms with Gasteiger partial charge in [0.15, 0.2) is 28.8 Å². The number of methoxy groups -OCH3 is 3. The number of hydrogen-bond acceptors (Lipinski definition) is 15. The first-order chi connectivity index (χ1) is 21.9. The fraction of sp³-hybridized carbons (Fsp3) is 0.241. The van der Waals surface area contributed by atoms with Gasteiger partial charge in [0.1, 0.15) is 0 Å². The SMILES string of the molecule is COc1ccc(NC(=O)[C@H](OC(=O)c2ccc(OC(C)=O)c(OC)c2)[C@@H](OC(=O)c2ccc(OC(C)=O)c(OC)c2)C(=O)O)nn1. The number of benzene rings is 2. The van der Waals surface area contributed by atoms with E-state index in [-0.39, 0.29) is 45.8 Å². The Morgan fingerprint density at radius 3 is 1.54 bits per heavy atom. The molecule has 242 valence electrons. The van der Waals surface area contributed by atoms with Gasteiger partial charge in [-0.15, -0.1) is 10.2 Å². The summed E-state index contributed by atoms with van der Waals surface area (Å²) in [4.78, 5) is 74.7. The molecule has 1 aromatic heterocycles. The van der Waals surface area contributed by atoms with Gasteiger partial charge >= 0.3 is 29.8 Å². The van der Waals surface area contributed by atoms with Crippen molar-refractivity contribution in [3.63, 3.8) is 0 Å². The smallest absolute Gasteiger partial charge is 0.349 e. The van der Waals surface area contributed by atoms with E-state index >= 15 is 0 Å². The zero-order valence-corrected chi connectivity index (χ0v) is 24.9. The number of nitrogens with one attached hydrogen (secondary N) is 1. The van der Waals surface area contributed by atoms with Gasteiger partial charge in [-0.1, -0.05) is 0 Å². The number of ether oxygens (including phenoxy) is 7. The molecule has 0 aliphatic carbocycles. The Labute approximate surface area is 260 Å². The Balaban J connectivity index is 1.97. The first-order valence-electron chi connectivity index (χ1n) is 12.9. The van der Waals surface area contributed by atoms with Gasteiger partial charge in [-0.25, -0.2) is 14.4 Å². The molecule has 2 atom stereocenters. The number of aromatic nitrogens is 2. The third-order valence-corrected chi connectivity index (χ3v) is 5.65. The second kappa shape index (κ2) is 15.5. The van der Waals surface area contributed by atoms with Crippen LogP contribution in [0.2, 0.25) is 0 Å². The molecular formula is C29H27N3O14. The van der Waals surface area contributed by atoms with Gasteiger partial charge in [0, 0.05) is 19.9 Å². The number of rotatable bonds is 13. The number of hydrogen-bond donors (Lipinski definition) is 2. The van der Waals surface area contributed by atoms with E-state index in [4.69, 9.17) is 33.2 Å². The van der Waals surface area contributed by atoms with Crippen molar-refractivity contribution in [3.05, 3.63) is 59.7 Å². The quantitative estimate of drug-likeness (QED) is 0.200. The molecule has 0 fully saturated rings. The molecular weight excluding hydrogens is 614 g/mol. The summed E-state index contributed by atoms with van der Waals surface area (Å²) in [5, 5.41) is 19.7. The van der Waals surface area contributed by atoms with E-state index in [2.05, 4.69) is 15.5 Å². The van der Waals surface area contributed by atoms with Gasteiger partial charge in [-0.05, 0) is 42.5 Å². The zero-order valence-electron chi connectivity index (χ0n) is 24.9. The number of carboxylic acids is 1. The van der Waals surface area contributed by atoms with Crippen LogP contribution in [0, 0.1) is 0 Å². The highest BCUT2D eigenvalue weighted by Crippen LogP contribution is 2.30. The molecule has 0 radical (unpaired) electrons. The predicted molar refractivity (Wildman–Crippen MR) is 152 cm³/mol. The van der Waals surface area contributed by atoms with E-state index in [0.717, 1.165) is 38.1 Å². The van der Waals surface area contributed by atoms with Gasteiger partial charge in [0.2, 0.25) is 18.1 Å². The number of anilines is 1. The van der Waals surface area contributed by atoms with Crippen LogP contribution < -0.4 is 29.0 Å². The average molecular weight is 642 g/mol. The lowest BCUT2D eigenvalue weighted by Crippen LogP contribution is -2.48. The van der Waals surface area contributed by atoms with Crippen molar-refractivity contribution >= 4 is 41.6 Å². The minimum absolute atomic E-state index is 0.0357. The highest BCUT2D eigenvalue weighted by molar-refractivity contribution is 6.01. The van der Waals surface area contributed by atoms with Crippen molar-refractivity contribution in [2.75, 3.05) is 26.6 Å². The lowest BCUT2D eigenvalue weighted by Gasteiger charge is -2.23. The Hall–Kier alpha value is -6.26. The molecule has 1 amide bonds. The van der Waals surface area contributed by atoms with Crippen molar-refractivity contribution in [2.24, 2.45) is 0 Å². The summed E-state index contributed by atoms with van der Waals surface area (Å²) in [5.41, 5.74) is -0.521. The Kier molecular flexibility index (Phi) is 11.5. The molecule has 0 saturated heterocycles. The Bertz CT molecular complexity index is 1640. The third kappa shape index (κ3) is 8.88. The second-order valence-corrected chi connectivity index (χ2v) is 8.86. The van der Waals surface area contributed by atoms with Crippen LogP contribution in [-0.2, 0) is 28.7 Å². The van der Waals surface area contributed by atoms with E-state index in [1.165, 1.54) is 45.6 Å². The summed E-state index contributed by atoms with van der Waals surface area (Å²) in [6.45, 7) is 2.29. The summed E-state index contributed by atoms with van der Waals surface area (Å²) in [6.07, 6.45) is -4.72. The van der Waals surface area contributed by atoms with E-state index in [9.17, 15) is 33.9 Å². The fourth-order valence-corrected chi connectivity index (χ4v) is 3.62. The number of nitrogens with zero attached hydrogens (tertiary/aromatic N) is 2. The zero-order chi connectivity index (χ0) is 34.0. The maximum Gasteiger partial charge on any atom is 0.349 e. The molecule has 17 nitrogen and oxygen atoms in total. The van der Waals surface area contributed by atoms with Gasteiger partial charge < -0.3 is 43.6 Å². The lowest BCUT2D eigenvalue weighted by atomic mass is 10.1. The van der Waals surface area contributed by atoms with Crippen LogP contribution >= 0.6 is 0 Å². The van der Waals surface area contributed by atoms with Crippen LogP contribution in [0.4, 0.5) is 5.82 Å². The molecule has 0 spiro atoms. The summed E-state index contributed by atoms with van der Waals surface area (Å²) < 4.78 is 35.6. The molecule has 2 aromatic carbocycles. The molecule has 3 rings (SSSR count). The summed E-state index contributed by atoms with van der Waals surface area (Å²) in [6, 6.07) is 9.53. The number of esters is 4. The first-order valence-corrected chi connectivity index (χ1v) is 12.9. The van der Waals surface area contributed by atoms with Crippen molar-refractivity contribution in [2.45, 2.75) is 26.1 Å². The van der Waals surface area contributed by atoms with Gasteiger partial charge in [0.05, 0.1) is 32.5 Å². The van der Waals surface area contributed by atoms with E-state index in [0.29, 0.717) is 0 Å². The second-order valence-electron chi connectivity index (χ2n) is 8.86. The molecule has 0 unspecified atom stereocenters. The van der Waals surface area contributed by atoms with E-state index in [1.807, 2.05) is 0 Å². The first kappa shape index (κ1) is 34.2. The largest absolute Gasteiger partial charge is 0.493 e. The van der Waals surface area contributed by atoms with Crippen LogP contribution in [0.15, 0.2) is 48.5 Å². The van der Waals surface area contributed by atoms with Crippen LogP contribution in [0.3, 0.4) is 0 Å². The predicted octanol–water partition coefficient (Wildman–Crippen LogP) is 1.83. The minimum Gasteiger partial charge on any atom is -0.493 e. The highest BCUT2D eigenvalue weighted by Gasteiger charge is 2.41. The lowest BCUT2D eigenvalue weighted by molar-refractivity contribution is -0.157. The van der Waals surface area contributed by atoms with Crippen molar-refractivity contribution in [1.82, 2.24) is 10.2 Å². The minimum atomic E-state index is -2.41. The maximum atomic E-state index is 13.4. The maximum absolute atomic E-state index is 13.4. The third-order valence-electron chi connectivity index (χ3n) is 5.65. The number of amides is 1.